The van der Waals surface area contributed by atoms with Gasteiger partial charge in [0, 0.05) is 10.7 Å². The molecule has 0 fully saturated rings. The van der Waals surface area contributed by atoms with Crippen LogP contribution in [0.4, 0.5) is 5.69 Å². The molecule has 4 rings (SSSR count). The molecule has 0 radical (unpaired) electrons. The van der Waals surface area contributed by atoms with Gasteiger partial charge in [0.15, 0.2) is 17.3 Å². The Labute approximate surface area is 185 Å². The number of tetrazole rings is 1. The van der Waals surface area contributed by atoms with E-state index in [-0.39, 0.29) is 6.04 Å². The number of ether oxygens (including phenoxy) is 2. The summed E-state index contributed by atoms with van der Waals surface area (Å²) >= 11 is 6.26. The van der Waals surface area contributed by atoms with E-state index in [1.165, 1.54) is 0 Å². The second-order valence-electron chi connectivity index (χ2n) is 6.94. The third-order valence-electron chi connectivity index (χ3n) is 4.98. The molecule has 8 heteroatoms. The number of aryl methyl sites for hydroxylation is 1. The Morgan fingerprint density at radius 1 is 0.935 bits per heavy atom. The zero-order valence-corrected chi connectivity index (χ0v) is 18.2. The van der Waals surface area contributed by atoms with Crippen LogP contribution in [-0.2, 0) is 0 Å². The fraction of sp³-hybridized carbons (Fsp3) is 0.174. The Bertz CT molecular complexity index is 1180. The van der Waals surface area contributed by atoms with Gasteiger partial charge in [0.1, 0.15) is 6.04 Å². The van der Waals surface area contributed by atoms with E-state index in [1.807, 2.05) is 73.7 Å². The van der Waals surface area contributed by atoms with E-state index >= 15 is 0 Å². The van der Waals surface area contributed by atoms with Gasteiger partial charge in [-0.05, 0) is 64.9 Å². The molecule has 158 valence electrons. The van der Waals surface area contributed by atoms with Crippen LogP contribution in [0.15, 0.2) is 66.7 Å². The van der Waals surface area contributed by atoms with Gasteiger partial charge in [-0.25, -0.2) is 0 Å². The molecule has 0 saturated heterocycles. The fourth-order valence-electron chi connectivity index (χ4n) is 3.39. The second-order valence-corrected chi connectivity index (χ2v) is 7.37. The predicted molar refractivity (Wildman–Crippen MR) is 120 cm³/mol. The average Bonchev–Trinajstić information content (AvgIpc) is 3.28. The van der Waals surface area contributed by atoms with Crippen molar-refractivity contribution in [1.29, 1.82) is 0 Å². The molecule has 0 aliphatic rings. The summed E-state index contributed by atoms with van der Waals surface area (Å²) in [7, 11) is 3.22. The minimum Gasteiger partial charge on any atom is -0.493 e. The normalized spacial score (nSPS) is 11.7. The third kappa shape index (κ3) is 4.32. The number of nitrogens with one attached hydrogen (secondary N) is 1. The molecule has 0 bridgehead atoms. The molecule has 0 aliphatic heterocycles. The van der Waals surface area contributed by atoms with E-state index in [4.69, 9.17) is 21.1 Å². The highest BCUT2D eigenvalue weighted by Crippen LogP contribution is 2.34. The van der Waals surface area contributed by atoms with E-state index in [2.05, 4.69) is 20.8 Å². The van der Waals surface area contributed by atoms with Crippen molar-refractivity contribution in [3.05, 3.63) is 88.7 Å². The van der Waals surface area contributed by atoms with E-state index in [1.54, 1.807) is 18.9 Å². The first-order chi connectivity index (χ1) is 15.1. The summed E-state index contributed by atoms with van der Waals surface area (Å²) in [6.45, 7) is 1.99. The van der Waals surface area contributed by atoms with Crippen molar-refractivity contribution >= 4 is 17.3 Å². The molecule has 4 aromatic rings. The van der Waals surface area contributed by atoms with E-state index < -0.39 is 0 Å². The molecule has 1 atom stereocenters. The quantitative estimate of drug-likeness (QED) is 0.447. The number of benzene rings is 3. The molecular weight excluding hydrogens is 414 g/mol. The molecule has 1 heterocycles. The SMILES string of the molecule is COc1ccc([C@@H](Nc2ccccc2)c2nnnn2-c2cc(Cl)ccc2C)cc1OC. The first-order valence-electron chi connectivity index (χ1n) is 9.69. The Balaban J connectivity index is 1.85. The lowest BCUT2D eigenvalue weighted by Crippen LogP contribution is -2.18. The fourth-order valence-corrected chi connectivity index (χ4v) is 3.55. The number of hydrogen-bond donors (Lipinski definition) is 1. The van der Waals surface area contributed by atoms with Gasteiger partial charge in [0.2, 0.25) is 0 Å². The maximum atomic E-state index is 6.26. The highest BCUT2D eigenvalue weighted by molar-refractivity contribution is 6.30. The van der Waals surface area contributed by atoms with Crippen molar-refractivity contribution in [3.63, 3.8) is 0 Å². The largest absolute Gasteiger partial charge is 0.493 e. The molecule has 0 unspecified atom stereocenters. The lowest BCUT2D eigenvalue weighted by molar-refractivity contribution is 0.354. The van der Waals surface area contributed by atoms with Crippen molar-refractivity contribution in [2.24, 2.45) is 0 Å². The summed E-state index contributed by atoms with van der Waals surface area (Å²) in [5.41, 5.74) is 3.66. The van der Waals surface area contributed by atoms with Gasteiger partial charge in [-0.1, -0.05) is 41.9 Å². The maximum absolute atomic E-state index is 6.26. The number of para-hydroxylation sites is 1. The lowest BCUT2D eigenvalue weighted by Gasteiger charge is -2.21. The highest BCUT2D eigenvalue weighted by Gasteiger charge is 2.24. The molecule has 3 aromatic carbocycles. The van der Waals surface area contributed by atoms with Gasteiger partial charge in [-0.15, -0.1) is 5.10 Å². The first-order valence-corrected chi connectivity index (χ1v) is 10.1. The van der Waals surface area contributed by atoms with Crippen LogP contribution in [-0.4, -0.2) is 34.4 Å². The summed E-state index contributed by atoms with van der Waals surface area (Å²) in [6.07, 6.45) is 0. The van der Waals surface area contributed by atoms with Crippen LogP contribution >= 0.6 is 11.6 Å². The zero-order valence-electron chi connectivity index (χ0n) is 17.4. The lowest BCUT2D eigenvalue weighted by atomic mass is 10.0. The Morgan fingerprint density at radius 2 is 1.71 bits per heavy atom. The second kappa shape index (κ2) is 9.06. The molecule has 7 nitrogen and oxygen atoms in total. The van der Waals surface area contributed by atoms with Crippen LogP contribution in [0, 0.1) is 6.92 Å². The highest BCUT2D eigenvalue weighted by atomic mass is 35.5. The Hall–Kier alpha value is -3.58. The topological polar surface area (TPSA) is 74.1 Å². The third-order valence-corrected chi connectivity index (χ3v) is 5.21. The van der Waals surface area contributed by atoms with Gasteiger partial charge in [0.25, 0.3) is 0 Å². The Morgan fingerprint density at radius 3 is 2.45 bits per heavy atom. The van der Waals surface area contributed by atoms with E-state index in [0.29, 0.717) is 22.3 Å². The van der Waals surface area contributed by atoms with Gasteiger partial charge in [-0.3, -0.25) is 0 Å². The standard InChI is InChI=1S/C23H22ClN5O2/c1-15-9-11-17(24)14-19(15)29-23(26-27-28-29)22(25-18-7-5-4-6-8-18)16-10-12-20(30-2)21(13-16)31-3/h4-14,22,25H,1-3H3/t22-/m1/s1. The average molecular weight is 436 g/mol. The summed E-state index contributed by atoms with van der Waals surface area (Å²) < 4.78 is 12.6. The molecule has 0 saturated carbocycles. The number of methoxy groups -OCH3 is 2. The van der Waals surface area contributed by atoms with Gasteiger partial charge < -0.3 is 14.8 Å². The van der Waals surface area contributed by atoms with Crippen molar-refractivity contribution in [2.45, 2.75) is 13.0 Å². The summed E-state index contributed by atoms with van der Waals surface area (Å²) in [6, 6.07) is 20.9. The molecule has 31 heavy (non-hydrogen) atoms. The molecule has 1 N–H and O–H groups in total. The Kier molecular flexibility index (Phi) is 6.04. The molecule has 1 aromatic heterocycles. The van der Waals surface area contributed by atoms with Gasteiger partial charge in [-0.2, -0.15) is 4.68 Å². The van der Waals surface area contributed by atoms with E-state index in [0.717, 1.165) is 22.5 Å². The number of rotatable bonds is 7. The molecule has 0 spiro atoms. The van der Waals surface area contributed by atoms with Crippen LogP contribution in [0.3, 0.4) is 0 Å². The van der Waals surface area contributed by atoms with Crippen molar-refractivity contribution in [2.75, 3.05) is 19.5 Å². The first kappa shape index (κ1) is 20.7. The monoisotopic (exact) mass is 435 g/mol. The van der Waals surface area contributed by atoms with Crippen LogP contribution in [0.5, 0.6) is 11.5 Å². The van der Waals surface area contributed by atoms with Crippen LogP contribution in [0.2, 0.25) is 5.02 Å². The van der Waals surface area contributed by atoms with E-state index in [9.17, 15) is 0 Å². The molecule has 0 aliphatic carbocycles. The smallest absolute Gasteiger partial charge is 0.183 e. The number of hydrogen-bond acceptors (Lipinski definition) is 6. The number of anilines is 1. The van der Waals surface area contributed by atoms with Gasteiger partial charge in [0.05, 0.1) is 19.9 Å². The van der Waals surface area contributed by atoms with Crippen molar-refractivity contribution < 1.29 is 9.47 Å². The number of aromatic nitrogens is 4. The molecular formula is C23H22ClN5O2. The summed E-state index contributed by atoms with van der Waals surface area (Å²) in [4.78, 5) is 0. The minimum atomic E-state index is -0.365. The maximum Gasteiger partial charge on any atom is 0.183 e. The number of halogens is 1. The number of nitrogens with zero attached hydrogens (tertiary/aromatic N) is 4. The molecule has 0 amide bonds. The van der Waals surface area contributed by atoms with Crippen LogP contribution in [0.25, 0.3) is 5.69 Å². The van der Waals surface area contributed by atoms with Crippen molar-refractivity contribution in [1.82, 2.24) is 20.2 Å². The van der Waals surface area contributed by atoms with Crippen LogP contribution < -0.4 is 14.8 Å². The summed E-state index contributed by atoms with van der Waals surface area (Å²) in [5, 5.41) is 16.7. The van der Waals surface area contributed by atoms with Crippen LogP contribution in [0.1, 0.15) is 23.0 Å². The van der Waals surface area contributed by atoms with Crippen molar-refractivity contribution in [3.8, 4) is 17.2 Å². The zero-order chi connectivity index (χ0) is 21.8. The predicted octanol–water partition coefficient (Wildman–Crippen LogP) is 4.84. The van der Waals surface area contributed by atoms with Gasteiger partial charge >= 0.3 is 0 Å². The summed E-state index contributed by atoms with van der Waals surface area (Å²) in [5.74, 6) is 1.88. The minimum absolute atomic E-state index is 0.365.